The van der Waals surface area contributed by atoms with Crippen LogP contribution in [0.15, 0.2) is 0 Å². The van der Waals surface area contributed by atoms with Crippen molar-refractivity contribution in [3.63, 3.8) is 0 Å². The Balaban J connectivity index is 3.92. The van der Waals surface area contributed by atoms with E-state index in [4.69, 9.17) is 0 Å². The van der Waals surface area contributed by atoms with E-state index in [9.17, 15) is 4.79 Å². The van der Waals surface area contributed by atoms with E-state index in [2.05, 4.69) is 51.0 Å². The fraction of sp³-hybridized carbons (Fsp3) is 0.900. The quantitative estimate of drug-likeness (QED) is 0.746. The molecule has 1 N–H and O–H groups in total. The molecule has 2 nitrogen and oxygen atoms in total. The third-order valence-corrected chi connectivity index (χ3v) is 4.46. The van der Waals surface area contributed by atoms with Gasteiger partial charge in [-0.25, -0.2) is 0 Å². The van der Waals surface area contributed by atoms with E-state index in [-0.39, 0.29) is 11.4 Å². The lowest BCUT2D eigenvalue weighted by molar-refractivity contribution is -0.122. The largest absolute Gasteiger partial charge is 0.349 e. The van der Waals surface area contributed by atoms with E-state index in [0.717, 1.165) is 17.1 Å². The normalized spacial score (nSPS) is 11.9. The molecule has 0 bridgehead atoms. The first-order valence-electron chi connectivity index (χ1n) is 4.86. The zero-order chi connectivity index (χ0) is 11.2. The molecule has 0 rings (SSSR count). The molecule has 0 heterocycles. The molecular formula is C10H19Br2NO. The lowest BCUT2D eigenvalue weighted by Gasteiger charge is -2.26. The smallest absolute Gasteiger partial charge is 0.220 e. The van der Waals surface area contributed by atoms with Gasteiger partial charge >= 0.3 is 0 Å². The Morgan fingerprint density at radius 3 is 2.21 bits per heavy atom. The standard InChI is InChI=1S/C10H19Br2NO/c1-8(2)4-5-9(14)13-10(3,6-11)7-12/h8H,4-7H2,1-3H3,(H,13,14). The SMILES string of the molecule is CC(C)CCC(=O)NC(C)(CBr)CBr. The van der Waals surface area contributed by atoms with Gasteiger partial charge in [0, 0.05) is 17.1 Å². The van der Waals surface area contributed by atoms with Crippen LogP contribution < -0.4 is 5.32 Å². The van der Waals surface area contributed by atoms with Gasteiger partial charge in [-0.1, -0.05) is 45.7 Å². The third kappa shape index (κ3) is 6.02. The molecule has 0 saturated carbocycles. The number of hydrogen-bond acceptors (Lipinski definition) is 1. The maximum atomic E-state index is 11.5. The van der Waals surface area contributed by atoms with E-state index in [1.54, 1.807) is 0 Å². The number of carbonyl (C=O) groups excluding carboxylic acids is 1. The molecule has 0 aromatic rings. The zero-order valence-corrected chi connectivity index (χ0v) is 12.2. The summed E-state index contributed by atoms with van der Waals surface area (Å²) in [4.78, 5) is 11.5. The van der Waals surface area contributed by atoms with E-state index >= 15 is 0 Å². The number of alkyl halides is 2. The number of halogens is 2. The molecule has 4 heteroatoms. The van der Waals surface area contributed by atoms with E-state index < -0.39 is 0 Å². The predicted octanol–water partition coefficient (Wildman–Crippen LogP) is 3.09. The van der Waals surface area contributed by atoms with Crippen molar-refractivity contribution in [1.29, 1.82) is 0 Å². The molecule has 0 aromatic carbocycles. The van der Waals surface area contributed by atoms with Crippen molar-refractivity contribution >= 4 is 37.8 Å². The molecule has 0 saturated heterocycles. The number of nitrogens with one attached hydrogen (secondary N) is 1. The second kappa shape index (κ2) is 6.83. The van der Waals surface area contributed by atoms with Crippen LogP contribution in [-0.4, -0.2) is 22.1 Å². The summed E-state index contributed by atoms with van der Waals surface area (Å²) >= 11 is 6.79. The van der Waals surface area contributed by atoms with Gasteiger partial charge in [-0.2, -0.15) is 0 Å². The Hall–Kier alpha value is 0.430. The van der Waals surface area contributed by atoms with Crippen LogP contribution in [0.1, 0.15) is 33.6 Å². The minimum atomic E-state index is -0.173. The summed E-state index contributed by atoms with van der Waals surface area (Å²) in [7, 11) is 0. The van der Waals surface area contributed by atoms with Crippen LogP contribution in [0.5, 0.6) is 0 Å². The maximum Gasteiger partial charge on any atom is 0.220 e. The van der Waals surface area contributed by atoms with Crippen LogP contribution in [0.2, 0.25) is 0 Å². The molecule has 0 fully saturated rings. The molecule has 84 valence electrons. The Labute approximate surface area is 103 Å². The molecule has 1 amide bonds. The van der Waals surface area contributed by atoms with Crippen LogP contribution in [0.3, 0.4) is 0 Å². The molecule has 14 heavy (non-hydrogen) atoms. The summed E-state index contributed by atoms with van der Waals surface area (Å²) in [6.07, 6.45) is 1.57. The molecule has 0 aliphatic rings. The minimum Gasteiger partial charge on any atom is -0.349 e. The van der Waals surface area contributed by atoms with Crippen LogP contribution in [0.25, 0.3) is 0 Å². The maximum absolute atomic E-state index is 11.5. The Morgan fingerprint density at radius 2 is 1.86 bits per heavy atom. The Morgan fingerprint density at radius 1 is 1.36 bits per heavy atom. The fourth-order valence-electron chi connectivity index (χ4n) is 0.921. The van der Waals surface area contributed by atoms with Gasteiger partial charge in [0.2, 0.25) is 5.91 Å². The molecule has 0 atom stereocenters. The van der Waals surface area contributed by atoms with Gasteiger partial charge in [-0.05, 0) is 19.3 Å². The summed E-state index contributed by atoms with van der Waals surface area (Å²) in [6.45, 7) is 6.27. The topological polar surface area (TPSA) is 29.1 Å². The van der Waals surface area contributed by atoms with Crippen molar-refractivity contribution < 1.29 is 4.79 Å². The number of rotatable bonds is 6. The van der Waals surface area contributed by atoms with E-state index in [1.165, 1.54) is 0 Å². The second-order valence-electron chi connectivity index (χ2n) is 4.31. The third-order valence-electron chi connectivity index (χ3n) is 1.98. The number of carbonyl (C=O) groups is 1. The van der Waals surface area contributed by atoms with Crippen molar-refractivity contribution in [2.75, 3.05) is 10.7 Å². The molecule has 0 aromatic heterocycles. The van der Waals surface area contributed by atoms with Gasteiger partial charge in [0.05, 0.1) is 5.54 Å². The summed E-state index contributed by atoms with van der Waals surface area (Å²) in [6, 6.07) is 0. The average Bonchev–Trinajstić information content (AvgIpc) is 2.14. The van der Waals surface area contributed by atoms with Crippen molar-refractivity contribution in [2.24, 2.45) is 5.92 Å². The molecule has 0 spiro atoms. The molecule has 0 unspecified atom stereocenters. The van der Waals surface area contributed by atoms with Crippen molar-refractivity contribution in [3.8, 4) is 0 Å². The van der Waals surface area contributed by atoms with E-state index in [0.29, 0.717) is 12.3 Å². The van der Waals surface area contributed by atoms with Crippen LogP contribution in [-0.2, 0) is 4.79 Å². The van der Waals surface area contributed by atoms with E-state index in [1.807, 2.05) is 6.92 Å². The molecule has 0 aliphatic carbocycles. The Bertz CT molecular complexity index is 179. The summed E-state index contributed by atoms with van der Waals surface area (Å²) < 4.78 is 0. The Kier molecular flexibility index (Phi) is 7.04. The van der Waals surface area contributed by atoms with Gasteiger partial charge in [-0.3, -0.25) is 4.79 Å². The molecule has 0 aliphatic heterocycles. The van der Waals surface area contributed by atoms with Gasteiger partial charge in [0.15, 0.2) is 0 Å². The lowest BCUT2D eigenvalue weighted by atomic mass is 10.1. The van der Waals surface area contributed by atoms with Gasteiger partial charge in [0.25, 0.3) is 0 Å². The van der Waals surface area contributed by atoms with Crippen LogP contribution in [0.4, 0.5) is 0 Å². The van der Waals surface area contributed by atoms with Gasteiger partial charge in [0.1, 0.15) is 0 Å². The number of amides is 1. The fourth-order valence-corrected chi connectivity index (χ4v) is 2.13. The van der Waals surface area contributed by atoms with Crippen molar-refractivity contribution in [3.05, 3.63) is 0 Å². The highest BCUT2D eigenvalue weighted by atomic mass is 79.9. The molecular weight excluding hydrogens is 310 g/mol. The highest BCUT2D eigenvalue weighted by Gasteiger charge is 2.23. The first kappa shape index (κ1) is 14.4. The first-order valence-corrected chi connectivity index (χ1v) is 7.11. The summed E-state index contributed by atoms with van der Waals surface area (Å²) in [5.74, 6) is 0.722. The summed E-state index contributed by atoms with van der Waals surface area (Å²) in [5.41, 5.74) is -0.173. The lowest BCUT2D eigenvalue weighted by Crippen LogP contribution is -2.48. The summed E-state index contributed by atoms with van der Waals surface area (Å²) in [5, 5.41) is 4.54. The number of hydrogen-bond donors (Lipinski definition) is 1. The predicted molar refractivity (Wildman–Crippen MR) is 68.2 cm³/mol. The van der Waals surface area contributed by atoms with Crippen LogP contribution in [0, 0.1) is 5.92 Å². The monoisotopic (exact) mass is 327 g/mol. The first-order chi connectivity index (χ1) is 6.43. The zero-order valence-electron chi connectivity index (χ0n) is 9.07. The minimum absolute atomic E-state index is 0.139. The van der Waals surface area contributed by atoms with Crippen molar-refractivity contribution in [2.45, 2.75) is 39.2 Å². The molecule has 0 radical (unpaired) electrons. The average molecular weight is 329 g/mol. The van der Waals surface area contributed by atoms with Crippen molar-refractivity contribution in [1.82, 2.24) is 5.32 Å². The van der Waals surface area contributed by atoms with Gasteiger partial charge < -0.3 is 5.32 Å². The highest BCUT2D eigenvalue weighted by molar-refractivity contribution is 9.09. The highest BCUT2D eigenvalue weighted by Crippen LogP contribution is 2.12. The second-order valence-corrected chi connectivity index (χ2v) is 5.43. The van der Waals surface area contributed by atoms with Crippen LogP contribution >= 0.6 is 31.9 Å². The van der Waals surface area contributed by atoms with Gasteiger partial charge in [-0.15, -0.1) is 0 Å².